The molecule has 2 aliphatic heterocycles. The van der Waals surface area contributed by atoms with Crippen molar-refractivity contribution in [2.45, 2.75) is 43.7 Å². The van der Waals surface area contributed by atoms with Crippen molar-refractivity contribution in [1.29, 1.82) is 0 Å². The molecule has 0 radical (unpaired) electrons. The van der Waals surface area contributed by atoms with Gasteiger partial charge < -0.3 is 15.2 Å². The second kappa shape index (κ2) is 6.24. The molecule has 0 saturated carbocycles. The fourth-order valence-corrected chi connectivity index (χ4v) is 3.82. The molecule has 3 nitrogen and oxygen atoms in total. The van der Waals surface area contributed by atoms with Crippen molar-refractivity contribution in [3.05, 3.63) is 0 Å². The van der Waals surface area contributed by atoms with Crippen LogP contribution in [0, 0.1) is 0 Å². The fourth-order valence-electron chi connectivity index (χ4n) is 2.72. The monoisotopic (exact) mass is 245 g/mol. The summed E-state index contributed by atoms with van der Waals surface area (Å²) in [6.07, 6.45) is 5.53. The SMILES string of the molecule is OCCC1(NC2CCSCC2)CCOCC1. The maximum atomic E-state index is 9.23. The summed E-state index contributed by atoms with van der Waals surface area (Å²) in [5.74, 6) is 2.56. The quantitative estimate of drug-likeness (QED) is 0.786. The number of aliphatic hydroxyl groups excluding tert-OH is 1. The first-order valence-electron chi connectivity index (χ1n) is 6.39. The Bertz CT molecular complexity index is 196. The van der Waals surface area contributed by atoms with Crippen LogP contribution in [0.4, 0.5) is 0 Å². The summed E-state index contributed by atoms with van der Waals surface area (Å²) in [4.78, 5) is 0. The van der Waals surface area contributed by atoms with Crippen LogP contribution in [0.5, 0.6) is 0 Å². The summed E-state index contributed by atoms with van der Waals surface area (Å²) >= 11 is 2.06. The zero-order chi connectivity index (χ0) is 11.3. The van der Waals surface area contributed by atoms with E-state index in [0.29, 0.717) is 6.04 Å². The molecular formula is C12H23NO2S. The van der Waals surface area contributed by atoms with E-state index in [1.165, 1.54) is 24.3 Å². The average molecular weight is 245 g/mol. The van der Waals surface area contributed by atoms with Crippen LogP contribution in [0.2, 0.25) is 0 Å². The number of hydrogen-bond acceptors (Lipinski definition) is 4. The van der Waals surface area contributed by atoms with Crippen LogP contribution in [-0.4, -0.2) is 48.0 Å². The van der Waals surface area contributed by atoms with Crippen LogP contribution >= 0.6 is 11.8 Å². The Morgan fingerprint density at radius 2 is 1.94 bits per heavy atom. The molecule has 2 aliphatic rings. The van der Waals surface area contributed by atoms with Gasteiger partial charge in [0.1, 0.15) is 0 Å². The zero-order valence-electron chi connectivity index (χ0n) is 9.91. The molecule has 0 aliphatic carbocycles. The van der Waals surface area contributed by atoms with Crippen molar-refractivity contribution in [1.82, 2.24) is 5.32 Å². The summed E-state index contributed by atoms with van der Waals surface area (Å²) in [6.45, 7) is 1.97. The third-order valence-electron chi connectivity index (χ3n) is 3.77. The minimum absolute atomic E-state index is 0.152. The maximum absolute atomic E-state index is 9.23. The second-order valence-corrected chi connectivity index (χ2v) is 6.12. The summed E-state index contributed by atoms with van der Waals surface area (Å²) in [6, 6.07) is 0.658. The van der Waals surface area contributed by atoms with Gasteiger partial charge in [-0.25, -0.2) is 0 Å². The van der Waals surface area contributed by atoms with Gasteiger partial charge in [0.05, 0.1) is 0 Å². The molecule has 0 aromatic carbocycles. The van der Waals surface area contributed by atoms with E-state index in [1.54, 1.807) is 0 Å². The molecule has 2 saturated heterocycles. The van der Waals surface area contributed by atoms with E-state index in [1.807, 2.05) is 0 Å². The van der Waals surface area contributed by atoms with Crippen molar-refractivity contribution in [2.75, 3.05) is 31.3 Å². The van der Waals surface area contributed by atoms with E-state index in [0.717, 1.165) is 32.5 Å². The normalized spacial score (nSPS) is 26.8. The van der Waals surface area contributed by atoms with E-state index in [9.17, 15) is 5.11 Å². The van der Waals surface area contributed by atoms with Gasteiger partial charge in [0.25, 0.3) is 0 Å². The van der Waals surface area contributed by atoms with Gasteiger partial charge >= 0.3 is 0 Å². The Hall–Kier alpha value is 0.230. The molecule has 2 N–H and O–H groups in total. The van der Waals surface area contributed by atoms with Gasteiger partial charge in [-0.15, -0.1) is 0 Å². The molecular weight excluding hydrogens is 222 g/mol. The summed E-state index contributed by atoms with van der Waals surface area (Å²) < 4.78 is 5.43. The van der Waals surface area contributed by atoms with Crippen molar-refractivity contribution in [3.63, 3.8) is 0 Å². The van der Waals surface area contributed by atoms with Crippen LogP contribution in [0.1, 0.15) is 32.1 Å². The molecule has 16 heavy (non-hydrogen) atoms. The molecule has 0 aromatic rings. The number of nitrogens with one attached hydrogen (secondary N) is 1. The predicted molar refractivity (Wildman–Crippen MR) is 68.0 cm³/mol. The van der Waals surface area contributed by atoms with Crippen LogP contribution in [0.3, 0.4) is 0 Å². The molecule has 2 rings (SSSR count). The lowest BCUT2D eigenvalue weighted by molar-refractivity contribution is 0.0218. The van der Waals surface area contributed by atoms with Gasteiger partial charge in [-0.1, -0.05) is 0 Å². The fraction of sp³-hybridized carbons (Fsp3) is 1.00. The Kier molecular flexibility index (Phi) is 4.95. The third kappa shape index (κ3) is 3.36. The minimum Gasteiger partial charge on any atom is -0.396 e. The van der Waals surface area contributed by atoms with Gasteiger partial charge in [-0.05, 0) is 43.6 Å². The number of rotatable bonds is 4. The van der Waals surface area contributed by atoms with Crippen molar-refractivity contribution in [3.8, 4) is 0 Å². The zero-order valence-corrected chi connectivity index (χ0v) is 10.7. The van der Waals surface area contributed by atoms with E-state index >= 15 is 0 Å². The topological polar surface area (TPSA) is 41.5 Å². The highest BCUT2D eigenvalue weighted by Crippen LogP contribution is 2.27. The standard InChI is InChI=1S/C12H23NO2S/c14-6-3-12(4-7-15-8-5-12)13-11-1-9-16-10-2-11/h11,13-14H,1-10H2. The van der Waals surface area contributed by atoms with Crippen LogP contribution in [-0.2, 0) is 4.74 Å². The molecule has 0 spiro atoms. The molecule has 2 fully saturated rings. The van der Waals surface area contributed by atoms with E-state index in [2.05, 4.69) is 17.1 Å². The van der Waals surface area contributed by atoms with Gasteiger partial charge in [-0.3, -0.25) is 0 Å². The number of ether oxygens (including phenoxy) is 1. The van der Waals surface area contributed by atoms with Crippen molar-refractivity contribution < 1.29 is 9.84 Å². The van der Waals surface area contributed by atoms with E-state index in [4.69, 9.17) is 4.74 Å². The van der Waals surface area contributed by atoms with Crippen molar-refractivity contribution in [2.24, 2.45) is 0 Å². The molecule has 94 valence electrons. The summed E-state index contributed by atoms with van der Waals surface area (Å²) in [5, 5.41) is 13.0. The Labute approximate surface area is 102 Å². The smallest absolute Gasteiger partial charge is 0.0483 e. The number of thioether (sulfide) groups is 1. The second-order valence-electron chi connectivity index (χ2n) is 4.90. The highest BCUT2D eigenvalue weighted by molar-refractivity contribution is 7.99. The summed E-state index contributed by atoms with van der Waals surface area (Å²) in [7, 11) is 0. The van der Waals surface area contributed by atoms with Gasteiger partial charge in [0.2, 0.25) is 0 Å². The van der Waals surface area contributed by atoms with Gasteiger partial charge in [0, 0.05) is 31.4 Å². The predicted octanol–water partition coefficient (Wildman–Crippen LogP) is 1.40. The lowest BCUT2D eigenvalue weighted by Crippen LogP contribution is -2.54. The molecule has 0 aromatic heterocycles. The van der Waals surface area contributed by atoms with E-state index in [-0.39, 0.29) is 12.1 Å². The summed E-state index contributed by atoms with van der Waals surface area (Å²) in [5.41, 5.74) is 0.152. The first-order chi connectivity index (χ1) is 7.85. The molecule has 0 unspecified atom stereocenters. The Morgan fingerprint density at radius 3 is 2.56 bits per heavy atom. The maximum Gasteiger partial charge on any atom is 0.0483 e. The van der Waals surface area contributed by atoms with Gasteiger partial charge in [-0.2, -0.15) is 11.8 Å². The number of hydrogen-bond donors (Lipinski definition) is 2. The Morgan fingerprint density at radius 1 is 1.25 bits per heavy atom. The average Bonchev–Trinajstić information content (AvgIpc) is 2.31. The Balaban J connectivity index is 1.89. The lowest BCUT2D eigenvalue weighted by Gasteiger charge is -2.41. The van der Waals surface area contributed by atoms with E-state index < -0.39 is 0 Å². The van der Waals surface area contributed by atoms with Crippen LogP contribution < -0.4 is 5.32 Å². The van der Waals surface area contributed by atoms with Crippen LogP contribution in [0.25, 0.3) is 0 Å². The third-order valence-corrected chi connectivity index (χ3v) is 4.82. The minimum atomic E-state index is 0.152. The first kappa shape index (κ1) is 12.7. The highest BCUT2D eigenvalue weighted by Gasteiger charge is 2.34. The largest absolute Gasteiger partial charge is 0.396 e. The number of aliphatic hydroxyl groups is 1. The molecule has 0 bridgehead atoms. The molecule has 0 atom stereocenters. The molecule has 2 heterocycles. The first-order valence-corrected chi connectivity index (χ1v) is 7.54. The van der Waals surface area contributed by atoms with Crippen LogP contribution in [0.15, 0.2) is 0 Å². The van der Waals surface area contributed by atoms with Gasteiger partial charge in [0.15, 0.2) is 0 Å². The lowest BCUT2D eigenvalue weighted by atomic mass is 9.85. The molecule has 4 heteroatoms. The van der Waals surface area contributed by atoms with Crippen molar-refractivity contribution >= 4 is 11.8 Å². The molecule has 0 amide bonds. The highest BCUT2D eigenvalue weighted by atomic mass is 32.2.